The predicted octanol–water partition coefficient (Wildman–Crippen LogP) is 2.51. The number of hydrogen-bond donors (Lipinski definition) is 2. The smallest absolute Gasteiger partial charge is 0.264 e. The van der Waals surface area contributed by atoms with E-state index in [9.17, 15) is 8.42 Å². The molecular formula is C13H13ClN4O2S. The first-order chi connectivity index (χ1) is 10.0. The summed E-state index contributed by atoms with van der Waals surface area (Å²) in [5, 5.41) is 11.1. The predicted molar refractivity (Wildman–Crippen MR) is 80.9 cm³/mol. The molecule has 1 saturated carbocycles. The second-order valence-corrected chi connectivity index (χ2v) is 6.82. The molecule has 0 atom stereocenters. The minimum absolute atomic E-state index is 0.00801. The summed E-state index contributed by atoms with van der Waals surface area (Å²) in [5.74, 6) is 0.787. The van der Waals surface area contributed by atoms with Crippen molar-refractivity contribution < 1.29 is 8.42 Å². The quantitative estimate of drug-likeness (QED) is 0.882. The minimum Gasteiger partial charge on any atom is -0.366 e. The van der Waals surface area contributed by atoms with E-state index in [1.165, 1.54) is 12.1 Å². The van der Waals surface area contributed by atoms with Crippen molar-refractivity contribution in [3.05, 3.63) is 41.4 Å². The third-order valence-corrected chi connectivity index (χ3v) is 4.81. The molecule has 8 heteroatoms. The van der Waals surface area contributed by atoms with Crippen LogP contribution in [0.1, 0.15) is 12.8 Å². The number of anilines is 2. The van der Waals surface area contributed by atoms with Crippen LogP contribution >= 0.6 is 11.6 Å². The summed E-state index contributed by atoms with van der Waals surface area (Å²) in [4.78, 5) is 0.00801. The van der Waals surface area contributed by atoms with Crippen LogP contribution in [-0.2, 0) is 10.0 Å². The van der Waals surface area contributed by atoms with Gasteiger partial charge in [0.05, 0.1) is 5.02 Å². The van der Waals surface area contributed by atoms with Crippen LogP contribution in [0.25, 0.3) is 0 Å². The largest absolute Gasteiger partial charge is 0.366 e. The van der Waals surface area contributed by atoms with Crippen molar-refractivity contribution in [1.29, 1.82) is 0 Å². The van der Waals surface area contributed by atoms with Crippen molar-refractivity contribution in [2.24, 2.45) is 0 Å². The first-order valence-corrected chi connectivity index (χ1v) is 8.28. The fraction of sp³-hybridized carbons (Fsp3) is 0.231. The van der Waals surface area contributed by atoms with Crippen LogP contribution < -0.4 is 10.0 Å². The second-order valence-electron chi connectivity index (χ2n) is 4.76. The lowest BCUT2D eigenvalue weighted by Crippen LogP contribution is -2.15. The summed E-state index contributed by atoms with van der Waals surface area (Å²) in [5.41, 5.74) is 0. The third-order valence-electron chi connectivity index (χ3n) is 2.96. The van der Waals surface area contributed by atoms with E-state index in [2.05, 4.69) is 20.2 Å². The zero-order chi connectivity index (χ0) is 14.9. The highest BCUT2D eigenvalue weighted by Crippen LogP contribution is 2.24. The maximum atomic E-state index is 12.2. The van der Waals surface area contributed by atoms with Gasteiger partial charge in [0.25, 0.3) is 10.0 Å². The van der Waals surface area contributed by atoms with E-state index in [-0.39, 0.29) is 15.7 Å². The summed E-state index contributed by atoms with van der Waals surface area (Å²) in [6.07, 6.45) is 2.26. The van der Waals surface area contributed by atoms with Gasteiger partial charge in [0.2, 0.25) is 0 Å². The van der Waals surface area contributed by atoms with Crippen LogP contribution in [0.15, 0.2) is 41.3 Å². The van der Waals surface area contributed by atoms with Gasteiger partial charge in [-0.25, -0.2) is 8.42 Å². The van der Waals surface area contributed by atoms with Crippen LogP contribution in [0.3, 0.4) is 0 Å². The molecule has 0 spiro atoms. The number of nitrogens with one attached hydrogen (secondary N) is 2. The normalized spacial score (nSPS) is 14.7. The summed E-state index contributed by atoms with van der Waals surface area (Å²) in [7, 11) is -3.77. The van der Waals surface area contributed by atoms with Gasteiger partial charge in [0, 0.05) is 6.04 Å². The van der Waals surface area contributed by atoms with Crippen molar-refractivity contribution in [3.8, 4) is 0 Å². The van der Waals surface area contributed by atoms with E-state index in [4.69, 9.17) is 11.6 Å². The molecule has 2 N–H and O–H groups in total. The Kier molecular flexibility index (Phi) is 3.69. The zero-order valence-corrected chi connectivity index (χ0v) is 12.5. The average Bonchev–Trinajstić information content (AvgIpc) is 3.25. The van der Waals surface area contributed by atoms with Gasteiger partial charge < -0.3 is 5.32 Å². The molecule has 21 heavy (non-hydrogen) atoms. The molecule has 0 amide bonds. The second kappa shape index (κ2) is 5.50. The standard InChI is InChI=1S/C13H13ClN4O2S/c14-10-3-1-2-4-11(10)21(19,20)18-13-8-7-12(16-17-13)15-9-5-6-9/h1-4,7-9H,5-6H2,(H,15,16)(H,17,18). The Hall–Kier alpha value is -1.86. The van der Waals surface area contributed by atoms with Crippen molar-refractivity contribution in [2.75, 3.05) is 10.0 Å². The lowest BCUT2D eigenvalue weighted by molar-refractivity contribution is 0.601. The summed E-state index contributed by atoms with van der Waals surface area (Å²) >= 11 is 5.90. The lowest BCUT2D eigenvalue weighted by atomic mass is 10.4. The van der Waals surface area contributed by atoms with E-state index in [0.717, 1.165) is 12.8 Å². The number of rotatable bonds is 5. The summed E-state index contributed by atoms with van der Waals surface area (Å²) in [6.45, 7) is 0. The van der Waals surface area contributed by atoms with Gasteiger partial charge in [-0.05, 0) is 37.1 Å². The molecule has 110 valence electrons. The Morgan fingerprint density at radius 1 is 1.05 bits per heavy atom. The van der Waals surface area contributed by atoms with Gasteiger partial charge in [0.1, 0.15) is 10.7 Å². The maximum absolute atomic E-state index is 12.2. The SMILES string of the molecule is O=S(=O)(Nc1ccc(NC2CC2)nn1)c1ccccc1Cl. The van der Waals surface area contributed by atoms with Gasteiger partial charge in [-0.1, -0.05) is 23.7 Å². The molecule has 3 rings (SSSR count). The molecule has 1 aliphatic rings. The van der Waals surface area contributed by atoms with Gasteiger partial charge in [-0.2, -0.15) is 0 Å². The molecule has 1 fully saturated rings. The van der Waals surface area contributed by atoms with E-state index >= 15 is 0 Å². The highest BCUT2D eigenvalue weighted by atomic mass is 35.5. The molecule has 0 radical (unpaired) electrons. The molecule has 0 saturated heterocycles. The highest BCUT2D eigenvalue weighted by molar-refractivity contribution is 7.92. The van der Waals surface area contributed by atoms with Crippen LogP contribution in [0.5, 0.6) is 0 Å². The van der Waals surface area contributed by atoms with Gasteiger partial charge in [-0.15, -0.1) is 10.2 Å². The number of aromatic nitrogens is 2. The molecule has 0 bridgehead atoms. The molecule has 0 unspecified atom stereocenters. The Morgan fingerprint density at radius 2 is 1.71 bits per heavy atom. The maximum Gasteiger partial charge on any atom is 0.264 e. The van der Waals surface area contributed by atoms with Crippen LogP contribution in [0.2, 0.25) is 5.02 Å². The van der Waals surface area contributed by atoms with Gasteiger partial charge in [-0.3, -0.25) is 4.72 Å². The summed E-state index contributed by atoms with van der Waals surface area (Å²) < 4.78 is 26.8. The number of hydrogen-bond acceptors (Lipinski definition) is 5. The van der Waals surface area contributed by atoms with Crippen molar-refractivity contribution in [1.82, 2.24) is 10.2 Å². The molecule has 2 aromatic rings. The number of nitrogens with zero attached hydrogens (tertiary/aromatic N) is 2. The Morgan fingerprint density at radius 3 is 2.33 bits per heavy atom. The molecule has 6 nitrogen and oxygen atoms in total. The Balaban J connectivity index is 1.77. The molecule has 1 aromatic heterocycles. The van der Waals surface area contributed by atoms with Gasteiger partial charge in [0.15, 0.2) is 5.82 Å². The van der Waals surface area contributed by atoms with E-state index < -0.39 is 10.0 Å². The first-order valence-electron chi connectivity index (χ1n) is 6.42. The molecule has 1 aliphatic carbocycles. The minimum atomic E-state index is -3.77. The third kappa shape index (κ3) is 3.43. The molecule has 1 heterocycles. The van der Waals surface area contributed by atoms with Gasteiger partial charge >= 0.3 is 0 Å². The highest BCUT2D eigenvalue weighted by Gasteiger charge is 2.22. The number of sulfonamides is 1. The first kappa shape index (κ1) is 14.1. The van der Waals surface area contributed by atoms with Crippen LogP contribution in [0.4, 0.5) is 11.6 Å². The molecule has 0 aliphatic heterocycles. The lowest BCUT2D eigenvalue weighted by Gasteiger charge is -2.09. The summed E-state index contributed by atoms with van der Waals surface area (Å²) in [6, 6.07) is 9.94. The van der Waals surface area contributed by atoms with Crippen molar-refractivity contribution >= 4 is 33.3 Å². The number of benzene rings is 1. The number of halogens is 1. The van der Waals surface area contributed by atoms with E-state index in [0.29, 0.717) is 11.9 Å². The molecular weight excluding hydrogens is 312 g/mol. The van der Waals surface area contributed by atoms with Crippen molar-refractivity contribution in [3.63, 3.8) is 0 Å². The van der Waals surface area contributed by atoms with E-state index in [1.54, 1.807) is 24.3 Å². The molecule has 1 aromatic carbocycles. The van der Waals surface area contributed by atoms with E-state index in [1.807, 2.05) is 0 Å². The Labute approximate surface area is 127 Å². The zero-order valence-electron chi connectivity index (χ0n) is 11.0. The Bertz CT molecular complexity index is 745. The van der Waals surface area contributed by atoms with Crippen LogP contribution in [-0.4, -0.2) is 24.7 Å². The fourth-order valence-corrected chi connectivity index (χ4v) is 3.27. The average molecular weight is 325 g/mol. The monoisotopic (exact) mass is 324 g/mol. The van der Waals surface area contributed by atoms with Crippen LogP contribution in [0, 0.1) is 0 Å². The fourth-order valence-electron chi connectivity index (χ4n) is 1.76. The topological polar surface area (TPSA) is 84.0 Å². The van der Waals surface area contributed by atoms with Crippen molar-refractivity contribution in [2.45, 2.75) is 23.8 Å².